The topological polar surface area (TPSA) is 59.4 Å². The molecular formula is C14H15NO3. The van der Waals surface area contributed by atoms with Gasteiger partial charge in [-0.1, -0.05) is 11.6 Å². The second-order valence-electron chi connectivity index (χ2n) is 4.38. The molecule has 0 aliphatic heterocycles. The highest BCUT2D eigenvalue weighted by Crippen LogP contribution is 2.27. The van der Waals surface area contributed by atoms with E-state index in [4.69, 9.17) is 9.84 Å². The molecule has 94 valence electrons. The van der Waals surface area contributed by atoms with Gasteiger partial charge in [0.05, 0.1) is 5.52 Å². The fourth-order valence-electron chi connectivity index (χ4n) is 1.77. The van der Waals surface area contributed by atoms with Crippen molar-refractivity contribution in [3.05, 3.63) is 35.5 Å². The third-order valence-corrected chi connectivity index (χ3v) is 2.71. The maximum absolute atomic E-state index is 10.9. The van der Waals surface area contributed by atoms with Gasteiger partial charge >= 0.3 is 5.97 Å². The number of carboxylic acids is 1. The molecule has 4 heteroatoms. The lowest BCUT2D eigenvalue weighted by molar-refractivity contribution is -0.144. The second-order valence-corrected chi connectivity index (χ2v) is 4.38. The van der Waals surface area contributed by atoms with Crippen molar-refractivity contribution in [2.24, 2.45) is 0 Å². The monoisotopic (exact) mass is 245 g/mol. The Bertz CT molecular complexity index is 607. The fraction of sp³-hybridized carbons (Fsp3) is 0.286. The van der Waals surface area contributed by atoms with Gasteiger partial charge < -0.3 is 9.84 Å². The van der Waals surface area contributed by atoms with Gasteiger partial charge in [-0.15, -0.1) is 0 Å². The van der Waals surface area contributed by atoms with E-state index in [9.17, 15) is 4.79 Å². The average molecular weight is 245 g/mol. The molecule has 1 aromatic heterocycles. The molecule has 18 heavy (non-hydrogen) atoms. The Hall–Kier alpha value is -2.10. The maximum Gasteiger partial charge on any atom is 0.344 e. The summed E-state index contributed by atoms with van der Waals surface area (Å²) in [4.78, 5) is 15.3. The van der Waals surface area contributed by atoms with E-state index in [1.54, 1.807) is 6.07 Å². The molecule has 2 rings (SSSR count). The van der Waals surface area contributed by atoms with Gasteiger partial charge in [0.25, 0.3) is 0 Å². The highest BCUT2D eigenvalue weighted by molar-refractivity contribution is 5.86. The van der Waals surface area contributed by atoms with Crippen LogP contribution in [0.15, 0.2) is 24.3 Å². The summed E-state index contributed by atoms with van der Waals surface area (Å²) < 4.78 is 5.49. The Morgan fingerprint density at radius 2 is 2.06 bits per heavy atom. The van der Waals surface area contributed by atoms with Gasteiger partial charge in [-0.3, -0.25) is 4.98 Å². The first-order valence-electron chi connectivity index (χ1n) is 5.75. The van der Waals surface area contributed by atoms with Crippen LogP contribution in [-0.4, -0.2) is 22.2 Å². The van der Waals surface area contributed by atoms with Crippen LogP contribution in [0.4, 0.5) is 0 Å². The highest BCUT2D eigenvalue weighted by atomic mass is 16.5. The van der Waals surface area contributed by atoms with E-state index in [2.05, 4.69) is 4.98 Å². The van der Waals surface area contributed by atoms with Gasteiger partial charge in [0.1, 0.15) is 5.75 Å². The van der Waals surface area contributed by atoms with Gasteiger partial charge in [-0.05, 0) is 32.9 Å². The number of rotatable bonds is 3. The Morgan fingerprint density at radius 1 is 1.33 bits per heavy atom. The minimum Gasteiger partial charge on any atom is -0.479 e. The van der Waals surface area contributed by atoms with Crippen LogP contribution in [-0.2, 0) is 4.79 Å². The van der Waals surface area contributed by atoms with Crippen molar-refractivity contribution in [2.75, 3.05) is 0 Å². The first-order chi connectivity index (χ1) is 8.47. The summed E-state index contributed by atoms with van der Waals surface area (Å²) in [5, 5.41) is 9.74. The molecular weight excluding hydrogens is 230 g/mol. The summed E-state index contributed by atoms with van der Waals surface area (Å²) in [6, 6.07) is 7.60. The normalized spacial score (nSPS) is 12.4. The summed E-state index contributed by atoms with van der Waals surface area (Å²) in [6.45, 7) is 5.35. The van der Waals surface area contributed by atoms with E-state index in [1.807, 2.05) is 32.0 Å². The standard InChI is InChI=1S/C14H15NO3/c1-8-4-5-12-11(6-8)13(7-9(2)15-12)18-10(3)14(16)17/h4-7,10H,1-3H3,(H,16,17). The van der Waals surface area contributed by atoms with Crippen LogP contribution in [0.3, 0.4) is 0 Å². The summed E-state index contributed by atoms with van der Waals surface area (Å²) in [5.74, 6) is -0.415. The van der Waals surface area contributed by atoms with Crippen LogP contribution in [0.25, 0.3) is 10.9 Å². The van der Waals surface area contributed by atoms with Crippen LogP contribution in [0.2, 0.25) is 0 Å². The zero-order chi connectivity index (χ0) is 13.3. The van der Waals surface area contributed by atoms with Crippen LogP contribution >= 0.6 is 0 Å². The average Bonchev–Trinajstić information content (AvgIpc) is 2.29. The fourth-order valence-corrected chi connectivity index (χ4v) is 1.77. The molecule has 0 bridgehead atoms. The molecule has 0 aliphatic rings. The number of carboxylic acid groups (broad SMARTS) is 1. The smallest absolute Gasteiger partial charge is 0.344 e. The van der Waals surface area contributed by atoms with E-state index < -0.39 is 12.1 Å². The molecule has 0 spiro atoms. The zero-order valence-corrected chi connectivity index (χ0v) is 10.6. The third kappa shape index (κ3) is 2.42. The first-order valence-corrected chi connectivity index (χ1v) is 5.75. The van der Waals surface area contributed by atoms with Crippen molar-refractivity contribution in [3.8, 4) is 5.75 Å². The van der Waals surface area contributed by atoms with Crippen LogP contribution in [0.5, 0.6) is 5.75 Å². The number of ether oxygens (including phenoxy) is 1. The summed E-state index contributed by atoms with van der Waals surface area (Å²) >= 11 is 0. The predicted octanol–water partition coefficient (Wildman–Crippen LogP) is 2.70. The number of aromatic nitrogens is 1. The van der Waals surface area contributed by atoms with E-state index in [0.29, 0.717) is 5.75 Å². The lowest BCUT2D eigenvalue weighted by atomic mass is 10.1. The second kappa shape index (κ2) is 4.64. The van der Waals surface area contributed by atoms with Crippen molar-refractivity contribution in [3.63, 3.8) is 0 Å². The number of nitrogens with zero attached hydrogens (tertiary/aromatic N) is 1. The van der Waals surface area contributed by atoms with Gasteiger partial charge in [0.2, 0.25) is 0 Å². The number of hydrogen-bond donors (Lipinski definition) is 1. The molecule has 0 fully saturated rings. The quantitative estimate of drug-likeness (QED) is 0.903. The largest absolute Gasteiger partial charge is 0.479 e. The van der Waals surface area contributed by atoms with Crippen molar-refractivity contribution < 1.29 is 14.6 Å². The van der Waals surface area contributed by atoms with E-state index in [1.165, 1.54) is 6.92 Å². The third-order valence-electron chi connectivity index (χ3n) is 2.71. The predicted molar refractivity (Wildman–Crippen MR) is 68.9 cm³/mol. The maximum atomic E-state index is 10.9. The van der Waals surface area contributed by atoms with Crippen molar-refractivity contribution in [2.45, 2.75) is 26.9 Å². The lowest BCUT2D eigenvalue weighted by Crippen LogP contribution is -2.23. The van der Waals surface area contributed by atoms with Gasteiger partial charge in [-0.2, -0.15) is 0 Å². The number of fused-ring (bicyclic) bond motifs is 1. The summed E-state index contributed by atoms with van der Waals surface area (Å²) in [7, 11) is 0. The molecule has 2 aromatic rings. The van der Waals surface area contributed by atoms with Crippen molar-refractivity contribution >= 4 is 16.9 Å². The Balaban J connectivity index is 2.54. The summed E-state index contributed by atoms with van der Waals surface area (Å²) in [5.41, 5.74) is 2.70. The van der Waals surface area contributed by atoms with Crippen LogP contribution in [0, 0.1) is 13.8 Å². The number of aliphatic carboxylic acids is 1. The molecule has 1 N–H and O–H groups in total. The molecule has 0 amide bonds. The molecule has 0 saturated carbocycles. The van der Waals surface area contributed by atoms with Gasteiger partial charge in [-0.25, -0.2) is 4.79 Å². The van der Waals surface area contributed by atoms with Crippen LogP contribution < -0.4 is 4.74 Å². The van der Waals surface area contributed by atoms with Crippen LogP contribution in [0.1, 0.15) is 18.2 Å². The molecule has 1 heterocycles. The van der Waals surface area contributed by atoms with Gasteiger partial charge in [0, 0.05) is 17.1 Å². The van der Waals surface area contributed by atoms with Gasteiger partial charge in [0.15, 0.2) is 6.10 Å². The number of carbonyl (C=O) groups is 1. The minimum absolute atomic E-state index is 0.566. The SMILES string of the molecule is Cc1ccc2nc(C)cc(OC(C)C(=O)O)c2c1. The molecule has 1 atom stereocenters. The number of benzene rings is 1. The zero-order valence-electron chi connectivity index (χ0n) is 10.6. The lowest BCUT2D eigenvalue weighted by Gasteiger charge is -2.13. The molecule has 1 aromatic carbocycles. The molecule has 0 aliphatic carbocycles. The first kappa shape index (κ1) is 12.4. The van der Waals surface area contributed by atoms with E-state index >= 15 is 0 Å². The number of aryl methyl sites for hydroxylation is 2. The Morgan fingerprint density at radius 3 is 2.72 bits per heavy atom. The van der Waals surface area contributed by atoms with E-state index in [0.717, 1.165) is 22.2 Å². The number of hydrogen-bond acceptors (Lipinski definition) is 3. The summed E-state index contributed by atoms with van der Waals surface area (Å²) in [6.07, 6.45) is -0.879. The highest BCUT2D eigenvalue weighted by Gasteiger charge is 2.15. The molecule has 4 nitrogen and oxygen atoms in total. The van der Waals surface area contributed by atoms with E-state index in [-0.39, 0.29) is 0 Å². The minimum atomic E-state index is -0.981. The number of pyridine rings is 1. The molecule has 0 radical (unpaired) electrons. The van der Waals surface area contributed by atoms with Crippen molar-refractivity contribution in [1.82, 2.24) is 4.98 Å². The molecule has 0 saturated heterocycles. The Labute approximate surface area is 105 Å². The van der Waals surface area contributed by atoms with Crippen molar-refractivity contribution in [1.29, 1.82) is 0 Å². The Kier molecular flexibility index (Phi) is 3.19. The molecule has 1 unspecified atom stereocenters.